The van der Waals surface area contributed by atoms with Gasteiger partial charge in [-0.2, -0.15) is 0 Å². The van der Waals surface area contributed by atoms with Gasteiger partial charge in [0.2, 0.25) is 0 Å². The van der Waals surface area contributed by atoms with E-state index in [1.165, 1.54) is 29.5 Å². The average Bonchev–Trinajstić information content (AvgIpc) is 2.76. The summed E-state index contributed by atoms with van der Waals surface area (Å²) in [7, 11) is 1.76. The first-order valence-corrected chi connectivity index (χ1v) is 6.08. The second kappa shape index (κ2) is 4.88. The normalized spacial score (nSPS) is 20.1. The van der Waals surface area contributed by atoms with Crippen molar-refractivity contribution in [3.63, 3.8) is 0 Å². The van der Waals surface area contributed by atoms with Crippen LogP contribution >= 0.6 is 0 Å². The Morgan fingerprint density at radius 1 is 1.31 bits per heavy atom. The molecule has 0 aliphatic carbocycles. The van der Waals surface area contributed by atoms with E-state index in [1.807, 2.05) is 0 Å². The van der Waals surface area contributed by atoms with Crippen molar-refractivity contribution < 1.29 is 4.74 Å². The monoisotopic (exact) mass is 219 g/mol. The lowest BCUT2D eigenvalue weighted by molar-refractivity contribution is 0.406. The van der Waals surface area contributed by atoms with Crippen molar-refractivity contribution >= 4 is 0 Å². The van der Waals surface area contributed by atoms with Crippen molar-refractivity contribution in [1.29, 1.82) is 0 Å². The zero-order valence-electron chi connectivity index (χ0n) is 10.5. The zero-order valence-corrected chi connectivity index (χ0v) is 10.5. The van der Waals surface area contributed by atoms with E-state index >= 15 is 0 Å². The number of aryl methyl sites for hydroxylation is 2. The third kappa shape index (κ3) is 2.38. The summed E-state index contributed by atoms with van der Waals surface area (Å²) in [6.45, 7) is 5.47. The van der Waals surface area contributed by atoms with Crippen LogP contribution in [0, 0.1) is 13.8 Å². The van der Waals surface area contributed by atoms with Gasteiger partial charge in [-0.15, -0.1) is 0 Å². The smallest absolute Gasteiger partial charge is 0.122 e. The Hall–Kier alpha value is -1.02. The molecule has 2 nitrogen and oxygen atoms in total. The quantitative estimate of drug-likeness (QED) is 0.843. The van der Waals surface area contributed by atoms with Crippen molar-refractivity contribution in [2.24, 2.45) is 0 Å². The van der Waals surface area contributed by atoms with Crippen LogP contribution in [0.1, 0.15) is 29.5 Å². The molecule has 1 unspecified atom stereocenters. The van der Waals surface area contributed by atoms with Crippen molar-refractivity contribution in [3.8, 4) is 5.75 Å². The molecule has 2 heteroatoms. The van der Waals surface area contributed by atoms with Crippen molar-refractivity contribution in [2.75, 3.05) is 13.7 Å². The van der Waals surface area contributed by atoms with E-state index in [1.54, 1.807) is 7.11 Å². The van der Waals surface area contributed by atoms with Crippen molar-refractivity contribution in [1.82, 2.24) is 5.32 Å². The van der Waals surface area contributed by atoms with Crippen LogP contribution in [0.5, 0.6) is 5.75 Å². The molecule has 0 amide bonds. The number of nitrogens with one attached hydrogen (secondary N) is 1. The van der Waals surface area contributed by atoms with Crippen LogP contribution in [-0.4, -0.2) is 19.7 Å². The van der Waals surface area contributed by atoms with Gasteiger partial charge in [0.05, 0.1) is 7.11 Å². The van der Waals surface area contributed by atoms with Gasteiger partial charge in [0.25, 0.3) is 0 Å². The molecule has 0 radical (unpaired) electrons. The molecule has 1 aromatic rings. The van der Waals surface area contributed by atoms with Crippen LogP contribution in [0.15, 0.2) is 12.1 Å². The van der Waals surface area contributed by atoms with Crippen LogP contribution < -0.4 is 10.1 Å². The Labute approximate surface area is 98.0 Å². The summed E-state index contributed by atoms with van der Waals surface area (Å²) in [5.74, 6) is 1.04. The molecule has 1 aliphatic rings. The Balaban J connectivity index is 2.20. The van der Waals surface area contributed by atoms with E-state index in [2.05, 4.69) is 31.3 Å². The number of hydrogen-bond donors (Lipinski definition) is 1. The highest BCUT2D eigenvalue weighted by molar-refractivity contribution is 5.42. The standard InChI is InChI=1S/C14H21NO/c1-10-7-12(9-13-5-4-6-15-13)14(16-3)8-11(10)2/h7-8,13,15H,4-6,9H2,1-3H3. The van der Waals surface area contributed by atoms with Crippen LogP contribution in [0.4, 0.5) is 0 Å². The minimum Gasteiger partial charge on any atom is -0.496 e. The van der Waals surface area contributed by atoms with Gasteiger partial charge in [-0.25, -0.2) is 0 Å². The van der Waals surface area contributed by atoms with Gasteiger partial charge >= 0.3 is 0 Å². The lowest BCUT2D eigenvalue weighted by atomic mass is 9.99. The topological polar surface area (TPSA) is 21.3 Å². The highest BCUT2D eigenvalue weighted by atomic mass is 16.5. The van der Waals surface area contributed by atoms with Gasteiger partial charge in [0, 0.05) is 6.04 Å². The molecule has 0 spiro atoms. The van der Waals surface area contributed by atoms with E-state index in [0.717, 1.165) is 18.7 Å². The van der Waals surface area contributed by atoms with E-state index in [-0.39, 0.29) is 0 Å². The molecule has 1 atom stereocenters. The third-order valence-electron chi connectivity index (χ3n) is 3.53. The Kier molecular flexibility index (Phi) is 3.49. The Morgan fingerprint density at radius 3 is 2.69 bits per heavy atom. The molecular weight excluding hydrogens is 198 g/mol. The summed E-state index contributed by atoms with van der Waals surface area (Å²) >= 11 is 0. The van der Waals surface area contributed by atoms with Gasteiger partial charge in [0.15, 0.2) is 0 Å². The molecule has 1 heterocycles. The molecule has 1 N–H and O–H groups in total. The van der Waals surface area contributed by atoms with Gasteiger partial charge < -0.3 is 10.1 Å². The predicted molar refractivity (Wildman–Crippen MR) is 67.2 cm³/mol. The lowest BCUT2D eigenvalue weighted by Gasteiger charge is -2.15. The van der Waals surface area contributed by atoms with Gasteiger partial charge in [-0.1, -0.05) is 6.07 Å². The average molecular weight is 219 g/mol. The molecule has 0 aromatic heterocycles. The van der Waals surface area contributed by atoms with E-state index in [4.69, 9.17) is 4.74 Å². The van der Waals surface area contributed by atoms with E-state index < -0.39 is 0 Å². The molecule has 88 valence electrons. The molecule has 0 saturated carbocycles. The van der Waals surface area contributed by atoms with Crippen molar-refractivity contribution in [2.45, 2.75) is 39.2 Å². The van der Waals surface area contributed by atoms with Crippen LogP contribution in [-0.2, 0) is 6.42 Å². The third-order valence-corrected chi connectivity index (χ3v) is 3.53. The fraction of sp³-hybridized carbons (Fsp3) is 0.571. The van der Waals surface area contributed by atoms with Gasteiger partial charge in [-0.05, 0) is 62.4 Å². The molecule has 1 aliphatic heterocycles. The minimum atomic E-state index is 0.635. The fourth-order valence-corrected chi connectivity index (χ4v) is 2.40. The Bertz CT molecular complexity index is 367. The van der Waals surface area contributed by atoms with Crippen molar-refractivity contribution in [3.05, 3.63) is 28.8 Å². The maximum absolute atomic E-state index is 5.46. The molecule has 2 rings (SSSR count). The second-order valence-electron chi connectivity index (χ2n) is 4.75. The largest absolute Gasteiger partial charge is 0.496 e. The molecule has 1 fully saturated rings. The number of hydrogen-bond acceptors (Lipinski definition) is 2. The number of methoxy groups -OCH3 is 1. The molecule has 1 saturated heterocycles. The molecular formula is C14H21NO. The zero-order chi connectivity index (χ0) is 11.5. The first-order chi connectivity index (χ1) is 7.70. The summed E-state index contributed by atoms with van der Waals surface area (Å²) in [6.07, 6.45) is 3.68. The number of benzene rings is 1. The number of rotatable bonds is 3. The summed E-state index contributed by atoms with van der Waals surface area (Å²) in [5.41, 5.74) is 4.00. The minimum absolute atomic E-state index is 0.635. The van der Waals surface area contributed by atoms with E-state index in [9.17, 15) is 0 Å². The first-order valence-electron chi connectivity index (χ1n) is 6.08. The van der Waals surface area contributed by atoms with Gasteiger partial charge in [-0.3, -0.25) is 0 Å². The van der Waals surface area contributed by atoms with Crippen LogP contribution in [0.3, 0.4) is 0 Å². The maximum Gasteiger partial charge on any atom is 0.122 e. The highest BCUT2D eigenvalue weighted by Crippen LogP contribution is 2.25. The molecule has 16 heavy (non-hydrogen) atoms. The fourth-order valence-electron chi connectivity index (χ4n) is 2.40. The Morgan fingerprint density at radius 2 is 2.06 bits per heavy atom. The van der Waals surface area contributed by atoms with Gasteiger partial charge in [0.1, 0.15) is 5.75 Å². The van der Waals surface area contributed by atoms with E-state index in [0.29, 0.717) is 6.04 Å². The summed E-state index contributed by atoms with van der Waals surface area (Å²) < 4.78 is 5.46. The highest BCUT2D eigenvalue weighted by Gasteiger charge is 2.17. The predicted octanol–water partition coefficient (Wildman–Crippen LogP) is 2.61. The molecule has 0 bridgehead atoms. The lowest BCUT2D eigenvalue weighted by Crippen LogP contribution is -2.23. The number of ether oxygens (including phenoxy) is 1. The second-order valence-corrected chi connectivity index (χ2v) is 4.75. The maximum atomic E-state index is 5.46. The molecule has 1 aromatic carbocycles. The summed E-state index contributed by atoms with van der Waals surface area (Å²) in [4.78, 5) is 0. The summed E-state index contributed by atoms with van der Waals surface area (Å²) in [6, 6.07) is 5.06. The van der Waals surface area contributed by atoms with Crippen LogP contribution in [0.25, 0.3) is 0 Å². The summed E-state index contributed by atoms with van der Waals surface area (Å²) in [5, 5.41) is 3.53. The SMILES string of the molecule is COc1cc(C)c(C)cc1CC1CCCN1. The first kappa shape index (κ1) is 11.5. The van der Waals surface area contributed by atoms with Crippen LogP contribution in [0.2, 0.25) is 0 Å².